The minimum Gasteiger partial charge on any atom is -0.375 e. The highest BCUT2D eigenvalue weighted by molar-refractivity contribution is 5.89. The van der Waals surface area contributed by atoms with Crippen LogP contribution in [0.1, 0.15) is 6.42 Å². The Labute approximate surface area is 87.4 Å². The average molecular weight is 210 g/mol. The van der Waals surface area contributed by atoms with E-state index in [-0.39, 0.29) is 12.0 Å². The fourth-order valence-corrected chi connectivity index (χ4v) is 1.48. The molecule has 0 spiro atoms. The van der Waals surface area contributed by atoms with Gasteiger partial charge >= 0.3 is 0 Å². The van der Waals surface area contributed by atoms with Crippen molar-refractivity contribution in [2.45, 2.75) is 12.5 Å². The monoisotopic (exact) mass is 210 g/mol. The third-order valence-corrected chi connectivity index (χ3v) is 2.19. The Kier molecular flexibility index (Phi) is 3.31. The van der Waals surface area contributed by atoms with Gasteiger partial charge in [0.1, 0.15) is 5.82 Å². The maximum absolute atomic E-state index is 11.5. The van der Waals surface area contributed by atoms with Gasteiger partial charge in [0.15, 0.2) is 0 Å². The third kappa shape index (κ3) is 3.03. The molecule has 0 radical (unpaired) electrons. The van der Waals surface area contributed by atoms with Crippen LogP contribution >= 0.6 is 0 Å². The van der Waals surface area contributed by atoms with Crippen LogP contribution in [-0.4, -0.2) is 41.9 Å². The summed E-state index contributed by atoms with van der Waals surface area (Å²) in [5.74, 6) is 0.553. The van der Waals surface area contributed by atoms with Crippen LogP contribution in [0, 0.1) is 0 Å². The van der Waals surface area contributed by atoms with Gasteiger partial charge < -0.3 is 15.4 Å². The minimum absolute atomic E-state index is 0.0262. The molecule has 82 valence electrons. The van der Waals surface area contributed by atoms with Crippen molar-refractivity contribution in [3.8, 4) is 0 Å². The first kappa shape index (κ1) is 10.1. The summed E-state index contributed by atoms with van der Waals surface area (Å²) in [5, 5.41) is 12.3. The van der Waals surface area contributed by atoms with E-state index in [4.69, 9.17) is 4.74 Å². The molecule has 2 heterocycles. The third-order valence-electron chi connectivity index (χ3n) is 2.19. The van der Waals surface area contributed by atoms with Crippen molar-refractivity contribution in [3.63, 3.8) is 0 Å². The molecule has 1 aliphatic heterocycles. The van der Waals surface area contributed by atoms with Gasteiger partial charge in [-0.3, -0.25) is 9.89 Å². The maximum Gasteiger partial charge on any atom is 0.228 e. The van der Waals surface area contributed by atoms with E-state index in [0.717, 1.165) is 13.1 Å². The molecule has 1 aliphatic rings. The lowest BCUT2D eigenvalue weighted by atomic mass is 10.2. The van der Waals surface area contributed by atoms with Crippen molar-refractivity contribution in [1.82, 2.24) is 15.5 Å². The van der Waals surface area contributed by atoms with E-state index >= 15 is 0 Å². The minimum atomic E-state index is -0.0621. The van der Waals surface area contributed by atoms with E-state index in [1.807, 2.05) is 0 Å². The van der Waals surface area contributed by atoms with E-state index in [9.17, 15) is 4.79 Å². The predicted octanol–water partition coefficient (Wildman–Crippen LogP) is -0.273. The van der Waals surface area contributed by atoms with Crippen LogP contribution in [0.5, 0.6) is 0 Å². The molecule has 1 saturated heterocycles. The summed E-state index contributed by atoms with van der Waals surface area (Å²) in [6, 6.07) is 1.71. The van der Waals surface area contributed by atoms with Crippen molar-refractivity contribution in [1.29, 1.82) is 0 Å². The Balaban J connectivity index is 1.76. The van der Waals surface area contributed by atoms with Gasteiger partial charge in [-0.15, -0.1) is 0 Å². The van der Waals surface area contributed by atoms with Gasteiger partial charge in [0.05, 0.1) is 25.3 Å². The van der Waals surface area contributed by atoms with E-state index in [1.165, 1.54) is 0 Å². The van der Waals surface area contributed by atoms with Crippen molar-refractivity contribution in [2.24, 2.45) is 0 Å². The normalized spacial score (nSPS) is 21.2. The second kappa shape index (κ2) is 4.90. The topological polar surface area (TPSA) is 79.0 Å². The summed E-state index contributed by atoms with van der Waals surface area (Å²) in [7, 11) is 0. The second-order valence-electron chi connectivity index (χ2n) is 3.42. The lowest BCUT2D eigenvalue weighted by Gasteiger charge is -2.22. The van der Waals surface area contributed by atoms with Crippen LogP contribution in [0.4, 0.5) is 5.82 Å². The fraction of sp³-hybridized carbons (Fsp3) is 0.556. The molecule has 1 aromatic heterocycles. The first-order chi connectivity index (χ1) is 7.34. The molecular weight excluding hydrogens is 196 g/mol. The van der Waals surface area contributed by atoms with Gasteiger partial charge in [-0.2, -0.15) is 5.10 Å². The van der Waals surface area contributed by atoms with Gasteiger partial charge in [-0.25, -0.2) is 0 Å². The van der Waals surface area contributed by atoms with Crippen molar-refractivity contribution >= 4 is 11.7 Å². The number of anilines is 1. The number of aromatic amines is 1. The quantitative estimate of drug-likeness (QED) is 0.641. The molecule has 0 aromatic carbocycles. The van der Waals surface area contributed by atoms with Crippen molar-refractivity contribution < 1.29 is 9.53 Å². The largest absolute Gasteiger partial charge is 0.375 e. The molecule has 15 heavy (non-hydrogen) atoms. The molecule has 2 rings (SSSR count). The number of amides is 1. The lowest BCUT2D eigenvalue weighted by molar-refractivity contribution is -0.119. The summed E-state index contributed by atoms with van der Waals surface area (Å²) in [5.41, 5.74) is 0. The SMILES string of the molecule is O=C(CC1CNCCO1)Nc1ccn[nH]1. The summed E-state index contributed by atoms with van der Waals surface area (Å²) in [6.07, 6.45) is 1.93. The highest BCUT2D eigenvalue weighted by Crippen LogP contribution is 2.05. The number of carbonyl (C=O) groups excluding carboxylic acids is 1. The molecule has 1 atom stereocenters. The van der Waals surface area contributed by atoms with Crippen LogP contribution in [0.2, 0.25) is 0 Å². The zero-order valence-corrected chi connectivity index (χ0v) is 8.32. The first-order valence-electron chi connectivity index (χ1n) is 4.96. The van der Waals surface area contributed by atoms with Crippen LogP contribution in [-0.2, 0) is 9.53 Å². The number of nitrogens with zero attached hydrogens (tertiary/aromatic N) is 1. The molecule has 3 N–H and O–H groups in total. The Morgan fingerprint density at radius 3 is 3.33 bits per heavy atom. The van der Waals surface area contributed by atoms with Crippen LogP contribution in [0.25, 0.3) is 0 Å². The number of H-pyrrole nitrogens is 1. The number of aromatic nitrogens is 2. The van der Waals surface area contributed by atoms with Crippen LogP contribution in [0.3, 0.4) is 0 Å². The Morgan fingerprint density at radius 2 is 2.67 bits per heavy atom. The molecular formula is C9H14N4O2. The van der Waals surface area contributed by atoms with Gasteiger partial charge in [-0.05, 0) is 0 Å². The van der Waals surface area contributed by atoms with Crippen molar-refractivity contribution in [2.75, 3.05) is 25.0 Å². The molecule has 0 saturated carbocycles. The molecule has 0 bridgehead atoms. The summed E-state index contributed by atoms with van der Waals surface area (Å²) < 4.78 is 5.42. The number of hydrogen-bond acceptors (Lipinski definition) is 4. The van der Waals surface area contributed by atoms with E-state index in [2.05, 4.69) is 20.8 Å². The lowest BCUT2D eigenvalue weighted by Crippen LogP contribution is -2.40. The highest BCUT2D eigenvalue weighted by atomic mass is 16.5. The van der Waals surface area contributed by atoms with Gasteiger partial charge in [-0.1, -0.05) is 0 Å². The number of morpholine rings is 1. The Morgan fingerprint density at radius 1 is 1.73 bits per heavy atom. The number of hydrogen-bond donors (Lipinski definition) is 3. The Bertz CT molecular complexity index is 306. The van der Waals surface area contributed by atoms with E-state index in [0.29, 0.717) is 18.8 Å². The fourth-order valence-electron chi connectivity index (χ4n) is 1.48. The summed E-state index contributed by atoms with van der Waals surface area (Å²) in [4.78, 5) is 11.5. The molecule has 1 unspecified atom stereocenters. The number of nitrogens with one attached hydrogen (secondary N) is 3. The molecule has 0 aliphatic carbocycles. The van der Waals surface area contributed by atoms with E-state index in [1.54, 1.807) is 12.3 Å². The summed E-state index contributed by atoms with van der Waals surface area (Å²) in [6.45, 7) is 2.26. The first-order valence-corrected chi connectivity index (χ1v) is 4.96. The standard InChI is InChI=1S/C9H14N4O2/c14-9(12-8-1-2-11-13-8)5-7-6-10-3-4-15-7/h1-2,7,10H,3-6H2,(H2,11,12,13,14). The molecule has 1 fully saturated rings. The average Bonchev–Trinajstić information content (AvgIpc) is 2.71. The number of carbonyl (C=O) groups is 1. The molecule has 1 amide bonds. The summed E-state index contributed by atoms with van der Waals surface area (Å²) >= 11 is 0. The van der Waals surface area contributed by atoms with Crippen LogP contribution in [0.15, 0.2) is 12.3 Å². The van der Waals surface area contributed by atoms with E-state index < -0.39 is 0 Å². The predicted molar refractivity (Wildman–Crippen MR) is 54.4 cm³/mol. The zero-order chi connectivity index (χ0) is 10.5. The smallest absolute Gasteiger partial charge is 0.228 e. The van der Waals surface area contributed by atoms with Gasteiger partial charge in [0, 0.05) is 19.2 Å². The number of rotatable bonds is 3. The zero-order valence-electron chi connectivity index (χ0n) is 8.32. The van der Waals surface area contributed by atoms with Gasteiger partial charge in [0.2, 0.25) is 5.91 Å². The van der Waals surface area contributed by atoms with Crippen LogP contribution < -0.4 is 10.6 Å². The second-order valence-corrected chi connectivity index (χ2v) is 3.42. The van der Waals surface area contributed by atoms with Crippen molar-refractivity contribution in [3.05, 3.63) is 12.3 Å². The van der Waals surface area contributed by atoms with Gasteiger partial charge in [0.25, 0.3) is 0 Å². The maximum atomic E-state index is 11.5. The highest BCUT2D eigenvalue weighted by Gasteiger charge is 2.17. The molecule has 1 aromatic rings. The Hall–Kier alpha value is -1.40. The molecule has 6 nitrogen and oxygen atoms in total. The molecule has 6 heteroatoms. The number of ether oxygens (including phenoxy) is 1.